The second kappa shape index (κ2) is 6.32. The van der Waals surface area contributed by atoms with Crippen LogP contribution in [-0.2, 0) is 0 Å². The van der Waals surface area contributed by atoms with Gasteiger partial charge in [0.1, 0.15) is 18.1 Å². The highest BCUT2D eigenvalue weighted by Gasteiger charge is 2.18. The number of hydrogen-bond donors (Lipinski definition) is 1. The number of aromatic nitrogens is 1. The van der Waals surface area contributed by atoms with Crippen molar-refractivity contribution in [1.82, 2.24) is 5.16 Å². The van der Waals surface area contributed by atoms with E-state index >= 15 is 0 Å². The van der Waals surface area contributed by atoms with Gasteiger partial charge in [0.25, 0.3) is 5.91 Å². The van der Waals surface area contributed by atoms with Crippen molar-refractivity contribution in [2.24, 2.45) is 0 Å². The molecule has 0 spiro atoms. The van der Waals surface area contributed by atoms with Gasteiger partial charge in [-0.25, -0.2) is 0 Å². The summed E-state index contributed by atoms with van der Waals surface area (Å²) >= 11 is 0. The Labute approximate surface area is 145 Å². The maximum Gasteiger partial charge on any atom is 0.294 e. The van der Waals surface area contributed by atoms with Gasteiger partial charge < -0.3 is 19.5 Å². The fourth-order valence-corrected chi connectivity index (χ4v) is 2.75. The molecule has 0 aliphatic carbocycles. The Kier molecular flexibility index (Phi) is 3.85. The van der Waals surface area contributed by atoms with Crippen LogP contribution in [0.5, 0.6) is 5.75 Å². The first-order valence-electron chi connectivity index (χ1n) is 8.02. The van der Waals surface area contributed by atoms with Crippen molar-refractivity contribution in [1.29, 1.82) is 0 Å². The second-order valence-corrected chi connectivity index (χ2v) is 5.85. The molecule has 0 bridgehead atoms. The molecule has 25 heavy (non-hydrogen) atoms. The lowest BCUT2D eigenvalue weighted by molar-refractivity contribution is 0.0988. The van der Waals surface area contributed by atoms with Gasteiger partial charge in [0.05, 0.1) is 12.2 Å². The highest BCUT2D eigenvalue weighted by atomic mass is 16.5. The molecule has 4 rings (SSSR count). The van der Waals surface area contributed by atoms with Gasteiger partial charge in [0, 0.05) is 24.4 Å². The average molecular weight is 335 g/mol. The molecular weight excluding hydrogens is 318 g/mol. The number of ether oxygens (including phenoxy) is 1. The van der Waals surface area contributed by atoms with E-state index in [0.29, 0.717) is 18.0 Å². The van der Waals surface area contributed by atoms with Crippen LogP contribution in [0.25, 0.3) is 11.3 Å². The number of fused-ring (bicyclic) bond motifs is 1. The molecule has 126 valence electrons. The normalized spacial score (nSPS) is 13.1. The standard InChI is InChI=1S/C19H17N3O3/c1-22-9-10-24-17-8-7-14(11-16(17)22)20-19(23)18-12-15(21-25-18)13-5-3-2-4-6-13/h2-8,11-12H,9-10H2,1H3,(H,20,23). The number of anilines is 2. The highest BCUT2D eigenvalue weighted by Crippen LogP contribution is 2.33. The van der Waals surface area contributed by atoms with Crippen LogP contribution in [0.4, 0.5) is 11.4 Å². The Balaban J connectivity index is 1.53. The summed E-state index contributed by atoms with van der Waals surface area (Å²) in [6, 6.07) is 16.8. The van der Waals surface area contributed by atoms with E-state index < -0.39 is 0 Å². The minimum Gasteiger partial charge on any atom is -0.490 e. The van der Waals surface area contributed by atoms with Crippen LogP contribution in [0.3, 0.4) is 0 Å². The first-order valence-corrected chi connectivity index (χ1v) is 8.02. The van der Waals surface area contributed by atoms with Gasteiger partial charge in [-0.3, -0.25) is 4.79 Å². The SMILES string of the molecule is CN1CCOc2ccc(NC(=O)c3cc(-c4ccccc4)no3)cc21. The van der Waals surface area contributed by atoms with Crippen molar-refractivity contribution in [2.75, 3.05) is 30.4 Å². The number of rotatable bonds is 3. The summed E-state index contributed by atoms with van der Waals surface area (Å²) in [6.45, 7) is 1.47. The summed E-state index contributed by atoms with van der Waals surface area (Å²) in [6.07, 6.45) is 0. The molecule has 6 nitrogen and oxygen atoms in total. The summed E-state index contributed by atoms with van der Waals surface area (Å²) < 4.78 is 10.8. The van der Waals surface area contributed by atoms with E-state index in [2.05, 4.69) is 15.4 Å². The van der Waals surface area contributed by atoms with E-state index in [1.807, 2.05) is 55.6 Å². The van der Waals surface area contributed by atoms with Gasteiger partial charge >= 0.3 is 0 Å². The van der Waals surface area contributed by atoms with Gasteiger partial charge in [0.2, 0.25) is 5.76 Å². The quantitative estimate of drug-likeness (QED) is 0.794. The van der Waals surface area contributed by atoms with Crippen LogP contribution in [0, 0.1) is 0 Å². The molecule has 0 fully saturated rings. The molecule has 6 heteroatoms. The Hall–Kier alpha value is -3.28. The molecule has 1 N–H and O–H groups in total. The van der Waals surface area contributed by atoms with Crippen molar-refractivity contribution in [2.45, 2.75) is 0 Å². The Morgan fingerprint density at radius 1 is 1.16 bits per heavy atom. The van der Waals surface area contributed by atoms with E-state index in [1.165, 1.54) is 0 Å². The molecule has 0 atom stereocenters. The first-order chi connectivity index (χ1) is 12.2. The van der Waals surface area contributed by atoms with Gasteiger partial charge in [-0.15, -0.1) is 0 Å². The fraction of sp³-hybridized carbons (Fsp3) is 0.158. The van der Waals surface area contributed by atoms with Crippen LogP contribution in [0.15, 0.2) is 59.1 Å². The van der Waals surface area contributed by atoms with E-state index in [-0.39, 0.29) is 11.7 Å². The van der Waals surface area contributed by atoms with Crippen molar-refractivity contribution >= 4 is 17.3 Å². The lowest BCUT2D eigenvalue weighted by atomic mass is 10.1. The summed E-state index contributed by atoms with van der Waals surface area (Å²) in [5.74, 6) is 0.646. The fourth-order valence-electron chi connectivity index (χ4n) is 2.75. The van der Waals surface area contributed by atoms with Gasteiger partial charge in [-0.2, -0.15) is 0 Å². The number of nitrogens with one attached hydrogen (secondary N) is 1. The Bertz CT molecular complexity index is 905. The van der Waals surface area contributed by atoms with Crippen molar-refractivity contribution in [3.63, 3.8) is 0 Å². The number of nitrogens with zero attached hydrogens (tertiary/aromatic N) is 2. The molecule has 1 aromatic heterocycles. The van der Waals surface area contributed by atoms with E-state index in [4.69, 9.17) is 9.26 Å². The third-order valence-corrected chi connectivity index (χ3v) is 4.12. The van der Waals surface area contributed by atoms with Crippen molar-refractivity contribution < 1.29 is 14.1 Å². The molecular formula is C19H17N3O3. The zero-order valence-corrected chi connectivity index (χ0v) is 13.7. The molecule has 1 aliphatic heterocycles. The van der Waals surface area contributed by atoms with Gasteiger partial charge in [-0.05, 0) is 18.2 Å². The Morgan fingerprint density at radius 2 is 2.00 bits per heavy atom. The predicted octanol–water partition coefficient (Wildman–Crippen LogP) is 3.42. The average Bonchev–Trinajstić information content (AvgIpc) is 3.13. The molecule has 0 saturated carbocycles. The monoisotopic (exact) mass is 335 g/mol. The topological polar surface area (TPSA) is 67.6 Å². The minimum absolute atomic E-state index is 0.168. The third-order valence-electron chi connectivity index (χ3n) is 4.12. The number of carbonyl (C=O) groups is 1. The van der Waals surface area contributed by atoms with Gasteiger partial charge in [0.15, 0.2) is 0 Å². The van der Waals surface area contributed by atoms with Gasteiger partial charge in [-0.1, -0.05) is 35.5 Å². The highest BCUT2D eigenvalue weighted by molar-refractivity contribution is 6.03. The van der Waals surface area contributed by atoms with E-state index in [9.17, 15) is 4.79 Å². The smallest absolute Gasteiger partial charge is 0.294 e. The number of carbonyl (C=O) groups excluding carboxylic acids is 1. The van der Waals surface area contributed by atoms with E-state index in [1.54, 1.807) is 6.07 Å². The number of amides is 1. The number of hydrogen-bond acceptors (Lipinski definition) is 5. The molecule has 0 unspecified atom stereocenters. The lowest BCUT2D eigenvalue weighted by Gasteiger charge is -2.28. The summed E-state index contributed by atoms with van der Waals surface area (Å²) in [4.78, 5) is 14.5. The largest absolute Gasteiger partial charge is 0.490 e. The van der Waals surface area contributed by atoms with Crippen LogP contribution in [0.2, 0.25) is 0 Å². The van der Waals surface area contributed by atoms with Crippen LogP contribution in [0.1, 0.15) is 10.6 Å². The summed E-state index contributed by atoms with van der Waals surface area (Å²) in [7, 11) is 2.00. The van der Waals surface area contributed by atoms with Crippen LogP contribution >= 0.6 is 0 Å². The predicted molar refractivity (Wildman–Crippen MR) is 95.1 cm³/mol. The number of benzene rings is 2. The third kappa shape index (κ3) is 3.06. The summed E-state index contributed by atoms with van der Waals surface area (Å²) in [5.41, 5.74) is 3.16. The van der Waals surface area contributed by atoms with Crippen LogP contribution < -0.4 is 15.0 Å². The maximum absolute atomic E-state index is 12.4. The molecule has 2 heterocycles. The molecule has 1 amide bonds. The van der Waals surface area contributed by atoms with Crippen molar-refractivity contribution in [3.05, 3.63) is 60.4 Å². The van der Waals surface area contributed by atoms with E-state index in [0.717, 1.165) is 23.5 Å². The zero-order valence-electron chi connectivity index (χ0n) is 13.7. The molecule has 3 aromatic rings. The molecule has 2 aromatic carbocycles. The minimum atomic E-state index is -0.339. The summed E-state index contributed by atoms with van der Waals surface area (Å²) in [5, 5.41) is 6.81. The zero-order chi connectivity index (χ0) is 17.2. The van der Waals surface area contributed by atoms with Crippen LogP contribution in [-0.4, -0.2) is 31.3 Å². The maximum atomic E-state index is 12.4. The first kappa shape index (κ1) is 15.3. The molecule has 0 radical (unpaired) electrons. The second-order valence-electron chi connectivity index (χ2n) is 5.85. The Morgan fingerprint density at radius 3 is 2.84 bits per heavy atom. The lowest BCUT2D eigenvalue weighted by Crippen LogP contribution is -2.28. The molecule has 1 aliphatic rings. The number of likely N-dealkylation sites (N-methyl/N-ethyl adjacent to an activating group) is 1. The molecule has 0 saturated heterocycles. The van der Waals surface area contributed by atoms with Crippen molar-refractivity contribution in [3.8, 4) is 17.0 Å².